The zero-order chi connectivity index (χ0) is 14.3. The zero-order valence-electron chi connectivity index (χ0n) is 11.5. The maximum Gasteiger partial charge on any atom is 0.163 e. The molecule has 1 unspecified atom stereocenters. The minimum Gasteiger partial charge on any atom is -0.380 e. The molecule has 0 amide bonds. The number of ether oxygens (including phenoxy) is 1. The molecule has 0 aliphatic carbocycles. The number of likely N-dealkylation sites (N-methyl/N-ethyl adjacent to an activating group) is 1. The van der Waals surface area contributed by atoms with E-state index >= 15 is 0 Å². The Morgan fingerprint density at radius 2 is 2.05 bits per heavy atom. The fraction of sp³-hybridized carbons (Fsp3) is 0.571. The van der Waals surface area contributed by atoms with Crippen molar-refractivity contribution in [2.75, 3.05) is 32.8 Å². The Hall–Kier alpha value is -1.04. The lowest BCUT2D eigenvalue weighted by atomic mass is 10.0. The molecule has 1 rings (SSSR count). The van der Waals surface area contributed by atoms with E-state index in [1.165, 1.54) is 6.07 Å². The first-order valence-electron chi connectivity index (χ1n) is 6.61. The van der Waals surface area contributed by atoms with Crippen LogP contribution in [0.1, 0.15) is 25.5 Å². The predicted octanol–water partition coefficient (Wildman–Crippen LogP) is 2.32. The summed E-state index contributed by atoms with van der Waals surface area (Å²) in [6, 6.07) is 3.87. The van der Waals surface area contributed by atoms with Crippen LogP contribution >= 0.6 is 0 Å². The molecule has 0 radical (unpaired) electrons. The molecule has 1 atom stereocenters. The van der Waals surface area contributed by atoms with Crippen molar-refractivity contribution >= 4 is 0 Å². The number of benzene rings is 1. The second-order valence-electron chi connectivity index (χ2n) is 4.22. The van der Waals surface area contributed by atoms with Crippen LogP contribution in [-0.2, 0) is 4.74 Å². The number of nitrogens with zero attached hydrogens (tertiary/aromatic N) is 1. The number of hydrogen-bond donors (Lipinski definition) is 1. The average Bonchev–Trinajstić information content (AvgIpc) is 2.42. The average molecular weight is 272 g/mol. The van der Waals surface area contributed by atoms with E-state index in [4.69, 9.17) is 10.5 Å². The lowest BCUT2D eigenvalue weighted by Gasteiger charge is -2.30. The van der Waals surface area contributed by atoms with Crippen molar-refractivity contribution < 1.29 is 13.5 Å². The van der Waals surface area contributed by atoms with Crippen LogP contribution in [0.4, 0.5) is 8.78 Å². The SMILES string of the molecule is CCOCCN(CC)C(CN)c1cccc(F)c1F. The molecule has 1 aromatic carbocycles. The molecule has 0 spiro atoms. The van der Waals surface area contributed by atoms with E-state index in [1.807, 2.05) is 18.7 Å². The van der Waals surface area contributed by atoms with Gasteiger partial charge in [0.25, 0.3) is 0 Å². The summed E-state index contributed by atoms with van der Waals surface area (Å²) in [5, 5.41) is 0. The van der Waals surface area contributed by atoms with Crippen molar-refractivity contribution in [1.29, 1.82) is 0 Å². The van der Waals surface area contributed by atoms with Gasteiger partial charge in [0.2, 0.25) is 0 Å². The van der Waals surface area contributed by atoms with Crippen LogP contribution in [0.5, 0.6) is 0 Å². The summed E-state index contributed by atoms with van der Waals surface area (Å²) in [7, 11) is 0. The topological polar surface area (TPSA) is 38.5 Å². The van der Waals surface area contributed by atoms with Gasteiger partial charge in [0, 0.05) is 25.3 Å². The number of halogens is 2. The molecule has 0 bridgehead atoms. The summed E-state index contributed by atoms with van der Waals surface area (Å²) in [4.78, 5) is 1.99. The molecule has 2 N–H and O–H groups in total. The van der Waals surface area contributed by atoms with Gasteiger partial charge in [-0.2, -0.15) is 0 Å². The van der Waals surface area contributed by atoms with Crippen LogP contribution in [0, 0.1) is 11.6 Å². The molecular formula is C14H22F2N2O. The van der Waals surface area contributed by atoms with Crippen molar-refractivity contribution in [2.45, 2.75) is 19.9 Å². The highest BCUT2D eigenvalue weighted by Gasteiger charge is 2.22. The van der Waals surface area contributed by atoms with Crippen LogP contribution in [-0.4, -0.2) is 37.7 Å². The second-order valence-corrected chi connectivity index (χ2v) is 4.22. The van der Waals surface area contributed by atoms with Gasteiger partial charge in [-0.1, -0.05) is 19.1 Å². The van der Waals surface area contributed by atoms with E-state index in [1.54, 1.807) is 6.07 Å². The Morgan fingerprint density at radius 3 is 2.63 bits per heavy atom. The third kappa shape index (κ3) is 4.23. The summed E-state index contributed by atoms with van der Waals surface area (Å²) in [5.74, 6) is -1.65. The van der Waals surface area contributed by atoms with Gasteiger partial charge in [-0.05, 0) is 19.5 Å². The van der Waals surface area contributed by atoms with Crippen molar-refractivity contribution in [3.05, 3.63) is 35.4 Å². The molecule has 108 valence electrons. The first-order valence-corrected chi connectivity index (χ1v) is 6.61. The van der Waals surface area contributed by atoms with Gasteiger partial charge >= 0.3 is 0 Å². The summed E-state index contributed by atoms with van der Waals surface area (Å²) < 4.78 is 32.4. The molecule has 0 saturated heterocycles. The van der Waals surface area contributed by atoms with Gasteiger partial charge in [0.1, 0.15) is 0 Å². The number of rotatable bonds is 8. The molecule has 0 aliphatic heterocycles. The third-order valence-electron chi connectivity index (χ3n) is 3.14. The predicted molar refractivity (Wildman–Crippen MR) is 71.9 cm³/mol. The Bertz CT molecular complexity index is 388. The zero-order valence-corrected chi connectivity index (χ0v) is 11.5. The summed E-state index contributed by atoms with van der Waals surface area (Å²) in [6.45, 7) is 6.65. The smallest absolute Gasteiger partial charge is 0.163 e. The van der Waals surface area contributed by atoms with Crippen LogP contribution in [0.15, 0.2) is 18.2 Å². The highest BCUT2D eigenvalue weighted by molar-refractivity contribution is 5.23. The molecule has 3 nitrogen and oxygen atoms in total. The fourth-order valence-electron chi connectivity index (χ4n) is 2.11. The fourth-order valence-corrected chi connectivity index (χ4v) is 2.11. The minimum atomic E-state index is -0.836. The molecule has 0 aromatic heterocycles. The van der Waals surface area contributed by atoms with Crippen molar-refractivity contribution in [3.63, 3.8) is 0 Å². The quantitative estimate of drug-likeness (QED) is 0.738. The minimum absolute atomic E-state index is 0.236. The van der Waals surface area contributed by atoms with E-state index in [2.05, 4.69) is 0 Å². The van der Waals surface area contributed by atoms with Gasteiger partial charge in [-0.15, -0.1) is 0 Å². The van der Waals surface area contributed by atoms with Crippen molar-refractivity contribution in [3.8, 4) is 0 Å². The monoisotopic (exact) mass is 272 g/mol. The Balaban J connectivity index is 2.87. The standard InChI is InChI=1S/C14H22F2N2O/c1-3-18(8-9-19-4-2)13(10-17)11-6-5-7-12(15)14(11)16/h5-7,13H,3-4,8-10,17H2,1-2H3. The molecule has 0 heterocycles. The molecule has 1 aromatic rings. The van der Waals surface area contributed by atoms with Gasteiger partial charge in [0.05, 0.1) is 12.6 Å². The van der Waals surface area contributed by atoms with Crippen molar-refractivity contribution in [1.82, 2.24) is 4.90 Å². The Labute approximate surface area is 113 Å². The molecule has 0 saturated carbocycles. The normalized spacial score (nSPS) is 12.9. The van der Waals surface area contributed by atoms with Crippen LogP contribution in [0.2, 0.25) is 0 Å². The first kappa shape index (κ1) is 16.0. The van der Waals surface area contributed by atoms with E-state index in [9.17, 15) is 8.78 Å². The second kappa shape index (κ2) is 8.19. The molecular weight excluding hydrogens is 250 g/mol. The Kier molecular flexibility index (Phi) is 6.91. The largest absolute Gasteiger partial charge is 0.380 e. The molecule has 0 fully saturated rings. The third-order valence-corrected chi connectivity index (χ3v) is 3.14. The van der Waals surface area contributed by atoms with Gasteiger partial charge in [-0.25, -0.2) is 8.78 Å². The highest BCUT2D eigenvalue weighted by atomic mass is 19.2. The molecule has 5 heteroatoms. The maximum absolute atomic E-state index is 13.8. The summed E-state index contributed by atoms with van der Waals surface area (Å²) >= 11 is 0. The summed E-state index contributed by atoms with van der Waals surface area (Å²) in [5.41, 5.74) is 6.04. The highest BCUT2D eigenvalue weighted by Crippen LogP contribution is 2.23. The van der Waals surface area contributed by atoms with E-state index in [-0.39, 0.29) is 12.6 Å². The lowest BCUT2D eigenvalue weighted by molar-refractivity contribution is 0.0970. The van der Waals surface area contributed by atoms with E-state index < -0.39 is 11.6 Å². The van der Waals surface area contributed by atoms with Gasteiger partial charge in [-0.3, -0.25) is 4.90 Å². The van der Waals surface area contributed by atoms with Gasteiger partial charge in [0.15, 0.2) is 11.6 Å². The van der Waals surface area contributed by atoms with E-state index in [0.717, 1.165) is 6.07 Å². The van der Waals surface area contributed by atoms with E-state index in [0.29, 0.717) is 31.9 Å². The number of nitrogens with two attached hydrogens (primary N) is 1. The lowest BCUT2D eigenvalue weighted by Crippen LogP contribution is -2.36. The first-order chi connectivity index (χ1) is 9.15. The van der Waals surface area contributed by atoms with Crippen LogP contribution in [0.25, 0.3) is 0 Å². The van der Waals surface area contributed by atoms with Crippen LogP contribution < -0.4 is 5.73 Å². The molecule has 0 aliphatic rings. The maximum atomic E-state index is 13.8. The van der Waals surface area contributed by atoms with Gasteiger partial charge < -0.3 is 10.5 Å². The summed E-state index contributed by atoms with van der Waals surface area (Å²) in [6.07, 6.45) is 0. The van der Waals surface area contributed by atoms with Crippen LogP contribution in [0.3, 0.4) is 0 Å². The molecule has 19 heavy (non-hydrogen) atoms. The van der Waals surface area contributed by atoms with Crippen molar-refractivity contribution in [2.24, 2.45) is 5.73 Å². The number of hydrogen-bond acceptors (Lipinski definition) is 3. The Morgan fingerprint density at radius 1 is 1.32 bits per heavy atom.